The van der Waals surface area contributed by atoms with E-state index in [1.165, 1.54) is 0 Å². The lowest BCUT2D eigenvalue weighted by Crippen LogP contribution is -2.45. The maximum Gasteiger partial charge on any atom is 0.305 e. The zero-order valence-corrected chi connectivity index (χ0v) is 13.4. The molecule has 5 heteroatoms. The van der Waals surface area contributed by atoms with E-state index in [1.54, 1.807) is 6.07 Å². The number of carbonyl (C=O) groups is 2. The van der Waals surface area contributed by atoms with Gasteiger partial charge in [-0.3, -0.25) is 9.59 Å². The van der Waals surface area contributed by atoms with Crippen LogP contribution in [0.1, 0.15) is 39.2 Å². The molecule has 0 aromatic heterocycles. The van der Waals surface area contributed by atoms with Crippen molar-refractivity contribution in [1.29, 1.82) is 0 Å². The number of nitrogens with one attached hydrogen (secondary N) is 1. The minimum atomic E-state index is -0.915. The average Bonchev–Trinajstić information content (AvgIpc) is 2.35. The number of aryl methyl sites for hydroxylation is 1. The molecule has 0 bridgehead atoms. The van der Waals surface area contributed by atoms with Crippen LogP contribution in [0.2, 0.25) is 5.02 Å². The van der Waals surface area contributed by atoms with E-state index in [4.69, 9.17) is 16.7 Å². The Labute approximate surface area is 130 Å². The van der Waals surface area contributed by atoms with Crippen LogP contribution in [-0.4, -0.2) is 23.0 Å². The topological polar surface area (TPSA) is 66.4 Å². The van der Waals surface area contributed by atoms with Crippen LogP contribution in [-0.2, 0) is 16.0 Å². The largest absolute Gasteiger partial charge is 0.481 e. The molecule has 4 nitrogen and oxygen atoms in total. The second-order valence-electron chi connectivity index (χ2n) is 6.18. The second-order valence-corrected chi connectivity index (χ2v) is 6.58. The molecule has 116 valence electrons. The zero-order valence-electron chi connectivity index (χ0n) is 12.6. The van der Waals surface area contributed by atoms with Gasteiger partial charge >= 0.3 is 5.97 Å². The standard InChI is InChI=1S/C16H22ClNO3/c1-16(2,3)13(10-15(20)21)18-14(19)9-8-11-6-4-5-7-12(11)17/h4-7,13H,8-10H2,1-3H3,(H,18,19)(H,20,21). The summed E-state index contributed by atoms with van der Waals surface area (Å²) >= 11 is 6.05. The van der Waals surface area contributed by atoms with E-state index in [2.05, 4.69) is 5.32 Å². The van der Waals surface area contributed by atoms with Crippen LogP contribution >= 0.6 is 11.6 Å². The number of aliphatic carboxylic acids is 1. The molecule has 0 fully saturated rings. The van der Waals surface area contributed by atoms with Gasteiger partial charge in [-0.15, -0.1) is 0 Å². The van der Waals surface area contributed by atoms with E-state index in [9.17, 15) is 9.59 Å². The summed E-state index contributed by atoms with van der Waals surface area (Å²) in [6.45, 7) is 5.73. The Kier molecular flexibility index (Phi) is 6.21. The smallest absolute Gasteiger partial charge is 0.305 e. The molecule has 2 N–H and O–H groups in total. The van der Waals surface area contributed by atoms with Gasteiger partial charge in [-0.2, -0.15) is 0 Å². The van der Waals surface area contributed by atoms with E-state index < -0.39 is 12.0 Å². The highest BCUT2D eigenvalue weighted by Crippen LogP contribution is 2.22. The molecule has 0 heterocycles. The van der Waals surface area contributed by atoms with Crippen LogP contribution in [0.25, 0.3) is 0 Å². The van der Waals surface area contributed by atoms with Crippen LogP contribution in [0.15, 0.2) is 24.3 Å². The number of rotatable bonds is 6. The Hall–Kier alpha value is -1.55. The fourth-order valence-corrected chi connectivity index (χ4v) is 2.19. The first kappa shape index (κ1) is 17.5. The van der Waals surface area contributed by atoms with Gasteiger partial charge < -0.3 is 10.4 Å². The van der Waals surface area contributed by atoms with Gasteiger partial charge in [0.05, 0.1) is 6.42 Å². The lowest BCUT2D eigenvalue weighted by atomic mass is 9.84. The van der Waals surface area contributed by atoms with E-state index in [-0.39, 0.29) is 24.2 Å². The van der Waals surface area contributed by atoms with E-state index >= 15 is 0 Å². The molecule has 1 amide bonds. The summed E-state index contributed by atoms with van der Waals surface area (Å²) in [4.78, 5) is 22.9. The molecule has 1 aromatic carbocycles. The van der Waals surface area contributed by atoms with Crippen molar-refractivity contribution in [2.45, 2.75) is 46.1 Å². The molecular formula is C16H22ClNO3. The maximum absolute atomic E-state index is 12.0. The molecule has 0 spiro atoms. The van der Waals surface area contributed by atoms with Gasteiger partial charge in [-0.1, -0.05) is 50.6 Å². The predicted molar refractivity (Wildman–Crippen MR) is 83.4 cm³/mol. The third-order valence-electron chi connectivity index (χ3n) is 3.34. The molecule has 0 aliphatic heterocycles. The molecule has 1 atom stereocenters. The molecule has 1 unspecified atom stereocenters. The van der Waals surface area contributed by atoms with Gasteiger partial charge in [0.25, 0.3) is 0 Å². The quantitative estimate of drug-likeness (QED) is 0.847. The zero-order chi connectivity index (χ0) is 16.0. The van der Waals surface area contributed by atoms with Gasteiger partial charge in [0.1, 0.15) is 0 Å². The van der Waals surface area contributed by atoms with Crippen molar-refractivity contribution in [3.05, 3.63) is 34.9 Å². The number of carboxylic acids is 1. The van der Waals surface area contributed by atoms with Crippen LogP contribution in [0.3, 0.4) is 0 Å². The third kappa shape index (κ3) is 6.17. The maximum atomic E-state index is 12.0. The number of halogens is 1. The van der Waals surface area contributed by atoms with Crippen molar-refractivity contribution in [2.24, 2.45) is 5.41 Å². The van der Waals surface area contributed by atoms with Crippen LogP contribution in [0, 0.1) is 5.41 Å². The van der Waals surface area contributed by atoms with Crippen LogP contribution in [0.4, 0.5) is 0 Å². The Morgan fingerprint density at radius 3 is 2.43 bits per heavy atom. The molecular weight excluding hydrogens is 290 g/mol. The minimum Gasteiger partial charge on any atom is -0.481 e. The van der Waals surface area contributed by atoms with Crippen LogP contribution < -0.4 is 5.32 Å². The molecule has 1 rings (SSSR count). The highest BCUT2D eigenvalue weighted by Gasteiger charge is 2.28. The first-order valence-corrected chi connectivity index (χ1v) is 7.32. The number of hydrogen-bond donors (Lipinski definition) is 2. The third-order valence-corrected chi connectivity index (χ3v) is 3.71. The van der Waals surface area contributed by atoms with Crippen LogP contribution in [0.5, 0.6) is 0 Å². The van der Waals surface area contributed by atoms with Crippen molar-refractivity contribution in [3.8, 4) is 0 Å². The molecule has 0 saturated carbocycles. The van der Waals surface area contributed by atoms with Gasteiger partial charge in [-0.25, -0.2) is 0 Å². The van der Waals surface area contributed by atoms with Crippen molar-refractivity contribution >= 4 is 23.5 Å². The number of amides is 1. The highest BCUT2D eigenvalue weighted by atomic mass is 35.5. The number of carboxylic acid groups (broad SMARTS) is 1. The first-order chi connectivity index (χ1) is 9.70. The lowest BCUT2D eigenvalue weighted by Gasteiger charge is -2.30. The lowest BCUT2D eigenvalue weighted by molar-refractivity contribution is -0.138. The normalized spacial score (nSPS) is 12.8. The van der Waals surface area contributed by atoms with Crippen molar-refractivity contribution in [3.63, 3.8) is 0 Å². The van der Waals surface area contributed by atoms with Crippen molar-refractivity contribution in [2.75, 3.05) is 0 Å². The molecule has 0 aliphatic carbocycles. The van der Waals surface area contributed by atoms with E-state index in [1.807, 2.05) is 39.0 Å². The fraction of sp³-hybridized carbons (Fsp3) is 0.500. The number of hydrogen-bond acceptors (Lipinski definition) is 2. The SMILES string of the molecule is CC(C)(C)C(CC(=O)O)NC(=O)CCc1ccccc1Cl. The molecule has 21 heavy (non-hydrogen) atoms. The van der Waals surface area contributed by atoms with E-state index in [0.717, 1.165) is 5.56 Å². The summed E-state index contributed by atoms with van der Waals surface area (Å²) in [5.41, 5.74) is 0.609. The summed E-state index contributed by atoms with van der Waals surface area (Å²) in [6.07, 6.45) is 0.743. The van der Waals surface area contributed by atoms with Gasteiger partial charge in [-0.05, 0) is 23.5 Å². The monoisotopic (exact) mass is 311 g/mol. The Bertz CT molecular complexity index is 508. The van der Waals surface area contributed by atoms with Gasteiger partial charge in [0.2, 0.25) is 5.91 Å². The second kappa shape index (κ2) is 7.46. The number of benzene rings is 1. The minimum absolute atomic E-state index is 0.0820. The summed E-state index contributed by atoms with van der Waals surface area (Å²) in [6, 6.07) is 7.00. The molecule has 0 radical (unpaired) electrons. The first-order valence-electron chi connectivity index (χ1n) is 6.94. The predicted octanol–water partition coefficient (Wildman–Crippen LogP) is 3.28. The molecule has 1 aromatic rings. The average molecular weight is 312 g/mol. The summed E-state index contributed by atoms with van der Waals surface area (Å²) < 4.78 is 0. The molecule has 0 aliphatic rings. The summed E-state index contributed by atoms with van der Waals surface area (Å²) in [5.74, 6) is -1.07. The Morgan fingerprint density at radius 2 is 1.90 bits per heavy atom. The number of carbonyl (C=O) groups excluding carboxylic acids is 1. The van der Waals surface area contributed by atoms with Gasteiger partial charge in [0, 0.05) is 17.5 Å². The summed E-state index contributed by atoms with van der Waals surface area (Å²) in [5, 5.41) is 12.4. The van der Waals surface area contributed by atoms with Crippen molar-refractivity contribution < 1.29 is 14.7 Å². The molecule has 0 saturated heterocycles. The fourth-order valence-electron chi connectivity index (χ4n) is 1.96. The highest BCUT2D eigenvalue weighted by molar-refractivity contribution is 6.31. The summed E-state index contributed by atoms with van der Waals surface area (Å²) in [7, 11) is 0. The van der Waals surface area contributed by atoms with Crippen molar-refractivity contribution in [1.82, 2.24) is 5.32 Å². The van der Waals surface area contributed by atoms with Gasteiger partial charge in [0.15, 0.2) is 0 Å². The Balaban J connectivity index is 2.58. The Morgan fingerprint density at radius 1 is 1.29 bits per heavy atom. The van der Waals surface area contributed by atoms with E-state index in [0.29, 0.717) is 11.4 Å².